The Kier molecular flexibility index (Phi) is 4.33. The topological polar surface area (TPSA) is 68.5 Å². The van der Waals surface area contributed by atoms with Gasteiger partial charge in [-0.25, -0.2) is 9.97 Å². The van der Waals surface area contributed by atoms with Crippen molar-refractivity contribution in [3.63, 3.8) is 0 Å². The van der Waals surface area contributed by atoms with Crippen LogP contribution in [0, 0.1) is 0 Å². The molecule has 6 nitrogen and oxygen atoms in total. The number of halogens is 1. The molecule has 128 valence electrons. The molecule has 4 aromatic rings. The second-order valence-corrected chi connectivity index (χ2v) is 6.18. The zero-order valence-corrected chi connectivity index (χ0v) is 14.7. The molecule has 7 heteroatoms. The summed E-state index contributed by atoms with van der Waals surface area (Å²) in [5.74, 6) is 1.35. The molecule has 0 aliphatic heterocycles. The van der Waals surface area contributed by atoms with Gasteiger partial charge < -0.3 is 9.88 Å². The van der Waals surface area contributed by atoms with Crippen LogP contribution >= 0.6 is 11.6 Å². The number of rotatable bonds is 4. The predicted molar refractivity (Wildman–Crippen MR) is 102 cm³/mol. The van der Waals surface area contributed by atoms with Crippen LogP contribution in [0.5, 0.6) is 0 Å². The fraction of sp³-hybridized carbons (Fsp3) is 0.0526. The summed E-state index contributed by atoms with van der Waals surface area (Å²) in [7, 11) is 1.91. The van der Waals surface area contributed by atoms with Crippen LogP contribution in [0.4, 0.5) is 11.6 Å². The average molecular weight is 363 g/mol. The summed E-state index contributed by atoms with van der Waals surface area (Å²) in [5.41, 5.74) is 3.70. The van der Waals surface area contributed by atoms with E-state index in [0.717, 1.165) is 28.3 Å². The van der Waals surface area contributed by atoms with Crippen LogP contribution in [0.1, 0.15) is 0 Å². The monoisotopic (exact) mass is 362 g/mol. The van der Waals surface area contributed by atoms with Crippen LogP contribution in [0.3, 0.4) is 0 Å². The van der Waals surface area contributed by atoms with Gasteiger partial charge in [-0.1, -0.05) is 23.7 Å². The number of hydrogen-bond acceptors (Lipinski definition) is 5. The molecule has 0 amide bonds. The smallest absolute Gasteiger partial charge is 0.227 e. The van der Waals surface area contributed by atoms with Crippen LogP contribution in [0.2, 0.25) is 5.02 Å². The maximum Gasteiger partial charge on any atom is 0.227 e. The maximum atomic E-state index is 5.94. The summed E-state index contributed by atoms with van der Waals surface area (Å²) < 4.78 is 1.88. The standard InChI is InChI=1S/C19H15ClN6/c1-26-12-22-25-18(26)14-4-8-16(9-5-14)23-19-21-11-10-17(24-19)13-2-6-15(20)7-3-13/h2-12H,1H3,(H,21,23,24). The third kappa shape index (κ3) is 3.41. The van der Waals surface area contributed by atoms with Crippen molar-refractivity contribution in [1.82, 2.24) is 24.7 Å². The van der Waals surface area contributed by atoms with Gasteiger partial charge in [-0.15, -0.1) is 10.2 Å². The van der Waals surface area contributed by atoms with E-state index >= 15 is 0 Å². The molecule has 2 aromatic carbocycles. The summed E-state index contributed by atoms with van der Waals surface area (Å²) in [6.45, 7) is 0. The first-order valence-electron chi connectivity index (χ1n) is 7.99. The molecular formula is C19H15ClN6. The van der Waals surface area contributed by atoms with Gasteiger partial charge in [-0.05, 0) is 42.5 Å². The Hall–Kier alpha value is -3.25. The fourth-order valence-corrected chi connectivity index (χ4v) is 2.70. The first kappa shape index (κ1) is 16.2. The van der Waals surface area contributed by atoms with Gasteiger partial charge in [0.15, 0.2) is 5.82 Å². The Balaban J connectivity index is 1.55. The molecule has 0 radical (unpaired) electrons. The van der Waals surface area contributed by atoms with Gasteiger partial charge in [0, 0.05) is 35.1 Å². The van der Waals surface area contributed by atoms with Gasteiger partial charge >= 0.3 is 0 Å². The van der Waals surface area contributed by atoms with Crippen molar-refractivity contribution in [2.45, 2.75) is 0 Å². The molecule has 1 N–H and O–H groups in total. The van der Waals surface area contributed by atoms with E-state index in [1.807, 2.05) is 66.2 Å². The largest absolute Gasteiger partial charge is 0.324 e. The quantitative estimate of drug-likeness (QED) is 0.585. The lowest BCUT2D eigenvalue weighted by Crippen LogP contribution is -1.98. The zero-order chi connectivity index (χ0) is 17.9. The van der Waals surface area contributed by atoms with Crippen molar-refractivity contribution in [1.29, 1.82) is 0 Å². The number of aryl methyl sites for hydroxylation is 1. The third-order valence-electron chi connectivity index (χ3n) is 3.91. The van der Waals surface area contributed by atoms with Crippen molar-refractivity contribution < 1.29 is 0 Å². The highest BCUT2D eigenvalue weighted by molar-refractivity contribution is 6.30. The summed E-state index contributed by atoms with van der Waals surface area (Å²) in [6.07, 6.45) is 3.41. The summed E-state index contributed by atoms with van der Waals surface area (Å²) in [6, 6.07) is 17.3. The molecule has 2 aromatic heterocycles. The van der Waals surface area contributed by atoms with Gasteiger partial charge in [0.2, 0.25) is 5.95 Å². The number of anilines is 2. The van der Waals surface area contributed by atoms with Crippen LogP contribution in [0.25, 0.3) is 22.6 Å². The van der Waals surface area contributed by atoms with E-state index in [1.54, 1.807) is 12.5 Å². The molecule has 0 saturated carbocycles. The maximum absolute atomic E-state index is 5.94. The predicted octanol–water partition coefficient (Wildman–Crippen LogP) is 4.34. The van der Waals surface area contributed by atoms with Gasteiger partial charge in [0.25, 0.3) is 0 Å². The molecule has 26 heavy (non-hydrogen) atoms. The number of hydrogen-bond donors (Lipinski definition) is 1. The minimum atomic E-state index is 0.531. The van der Waals surface area contributed by atoms with E-state index in [2.05, 4.69) is 25.5 Å². The van der Waals surface area contributed by atoms with E-state index in [-0.39, 0.29) is 0 Å². The van der Waals surface area contributed by atoms with Crippen molar-refractivity contribution in [3.8, 4) is 22.6 Å². The molecule has 0 saturated heterocycles. The molecule has 0 atom stereocenters. The molecule has 2 heterocycles. The van der Waals surface area contributed by atoms with Crippen molar-refractivity contribution in [3.05, 3.63) is 72.1 Å². The normalized spacial score (nSPS) is 10.7. The Morgan fingerprint density at radius 2 is 1.65 bits per heavy atom. The van der Waals surface area contributed by atoms with E-state index in [9.17, 15) is 0 Å². The zero-order valence-electron chi connectivity index (χ0n) is 14.0. The molecule has 0 fully saturated rings. The first-order valence-corrected chi connectivity index (χ1v) is 8.37. The van der Waals surface area contributed by atoms with Crippen molar-refractivity contribution in [2.24, 2.45) is 7.05 Å². The van der Waals surface area contributed by atoms with Gasteiger partial charge in [0.1, 0.15) is 6.33 Å². The van der Waals surface area contributed by atoms with Crippen LogP contribution < -0.4 is 5.32 Å². The molecule has 0 aliphatic carbocycles. The fourth-order valence-electron chi connectivity index (χ4n) is 2.58. The Labute approximate surface area is 155 Å². The lowest BCUT2D eigenvalue weighted by Gasteiger charge is -2.08. The number of nitrogens with one attached hydrogen (secondary N) is 1. The molecule has 0 spiro atoms. The second-order valence-electron chi connectivity index (χ2n) is 5.74. The van der Waals surface area contributed by atoms with Crippen LogP contribution in [0.15, 0.2) is 67.1 Å². The third-order valence-corrected chi connectivity index (χ3v) is 4.16. The SMILES string of the molecule is Cn1cnnc1-c1ccc(Nc2nccc(-c3ccc(Cl)cc3)n2)cc1. The van der Waals surface area contributed by atoms with Gasteiger partial charge in [-0.3, -0.25) is 0 Å². The highest BCUT2D eigenvalue weighted by Gasteiger charge is 2.06. The average Bonchev–Trinajstić information content (AvgIpc) is 3.09. The Morgan fingerprint density at radius 1 is 0.923 bits per heavy atom. The lowest BCUT2D eigenvalue weighted by atomic mass is 10.1. The summed E-state index contributed by atoms with van der Waals surface area (Å²) >= 11 is 5.94. The molecule has 0 unspecified atom stereocenters. The van der Waals surface area contributed by atoms with E-state index in [0.29, 0.717) is 11.0 Å². The molecule has 0 aliphatic rings. The van der Waals surface area contributed by atoms with E-state index in [4.69, 9.17) is 11.6 Å². The first-order chi connectivity index (χ1) is 12.7. The van der Waals surface area contributed by atoms with Crippen molar-refractivity contribution in [2.75, 3.05) is 5.32 Å². The molecule has 4 rings (SSSR count). The molecule has 0 bridgehead atoms. The number of benzene rings is 2. The van der Waals surface area contributed by atoms with Crippen molar-refractivity contribution >= 4 is 23.2 Å². The number of aromatic nitrogens is 5. The van der Waals surface area contributed by atoms with E-state index in [1.165, 1.54) is 0 Å². The van der Waals surface area contributed by atoms with Gasteiger partial charge in [-0.2, -0.15) is 0 Å². The minimum Gasteiger partial charge on any atom is -0.324 e. The van der Waals surface area contributed by atoms with Crippen LogP contribution in [-0.4, -0.2) is 24.7 Å². The Morgan fingerprint density at radius 3 is 2.35 bits per heavy atom. The summed E-state index contributed by atoms with van der Waals surface area (Å²) in [4.78, 5) is 8.85. The lowest BCUT2D eigenvalue weighted by molar-refractivity contribution is 0.920. The highest BCUT2D eigenvalue weighted by atomic mass is 35.5. The van der Waals surface area contributed by atoms with Gasteiger partial charge in [0.05, 0.1) is 5.69 Å². The van der Waals surface area contributed by atoms with E-state index < -0.39 is 0 Å². The van der Waals surface area contributed by atoms with Crippen LogP contribution in [-0.2, 0) is 7.05 Å². The Bertz CT molecular complexity index is 1020. The number of nitrogens with zero attached hydrogens (tertiary/aromatic N) is 5. The highest BCUT2D eigenvalue weighted by Crippen LogP contribution is 2.23. The minimum absolute atomic E-state index is 0.531. The second kappa shape index (κ2) is 6.93. The summed E-state index contributed by atoms with van der Waals surface area (Å²) in [5, 5.41) is 11.9. The molecular weight excluding hydrogens is 348 g/mol.